The highest BCUT2D eigenvalue weighted by Gasteiger charge is 2.36. The van der Waals surface area contributed by atoms with Crippen LogP contribution in [-0.4, -0.2) is 25.2 Å². The van der Waals surface area contributed by atoms with E-state index in [1.165, 1.54) is 23.2 Å². The van der Waals surface area contributed by atoms with Crippen LogP contribution in [0.2, 0.25) is 0 Å². The van der Waals surface area contributed by atoms with Gasteiger partial charge >= 0.3 is 0 Å². The van der Waals surface area contributed by atoms with Crippen LogP contribution in [0.25, 0.3) is 0 Å². The maximum atomic E-state index is 3.54. The van der Waals surface area contributed by atoms with Crippen LogP contribution >= 0.6 is 0 Å². The Kier molecular flexibility index (Phi) is 2.21. The summed E-state index contributed by atoms with van der Waals surface area (Å²) in [7, 11) is 0. The molecule has 86 valence electrons. The molecule has 2 heterocycles. The molecule has 1 N–H and O–H groups in total. The summed E-state index contributed by atoms with van der Waals surface area (Å²) in [4.78, 5) is 2.65. The fraction of sp³-hybridized carbons (Fsp3) is 0.571. The van der Waals surface area contributed by atoms with Crippen molar-refractivity contribution in [2.75, 3.05) is 18.0 Å². The van der Waals surface area contributed by atoms with Crippen LogP contribution in [0, 0.1) is 13.8 Å². The lowest BCUT2D eigenvalue weighted by atomic mass is 10.0. The maximum absolute atomic E-state index is 3.54. The maximum Gasteiger partial charge on any atom is 0.0459 e. The van der Waals surface area contributed by atoms with Crippen LogP contribution in [0.3, 0.4) is 0 Å². The van der Waals surface area contributed by atoms with Crippen molar-refractivity contribution in [3.63, 3.8) is 0 Å². The number of fused-ring (bicyclic) bond motifs is 3. The molecule has 2 aliphatic rings. The van der Waals surface area contributed by atoms with Crippen LogP contribution in [0.15, 0.2) is 12.1 Å². The van der Waals surface area contributed by atoms with Crippen LogP contribution in [0.1, 0.15) is 23.6 Å². The van der Waals surface area contributed by atoms with E-state index in [9.17, 15) is 0 Å². The molecule has 0 amide bonds. The lowest BCUT2D eigenvalue weighted by Crippen LogP contribution is -2.55. The fourth-order valence-corrected chi connectivity index (χ4v) is 3.30. The summed E-state index contributed by atoms with van der Waals surface area (Å²) < 4.78 is 0. The highest BCUT2D eigenvalue weighted by atomic mass is 15.3. The number of nitrogens with zero attached hydrogens (tertiary/aromatic N) is 1. The lowest BCUT2D eigenvalue weighted by molar-refractivity contribution is 0.429. The summed E-state index contributed by atoms with van der Waals surface area (Å²) in [6.07, 6.45) is 1.22. The Morgan fingerprint density at radius 3 is 2.75 bits per heavy atom. The highest BCUT2D eigenvalue weighted by molar-refractivity contribution is 5.67. The molecule has 1 aromatic carbocycles. The first-order valence-corrected chi connectivity index (χ1v) is 6.26. The number of benzene rings is 1. The third-order valence-corrected chi connectivity index (χ3v) is 4.10. The van der Waals surface area contributed by atoms with Crippen molar-refractivity contribution in [3.05, 3.63) is 28.8 Å². The summed E-state index contributed by atoms with van der Waals surface area (Å²) in [6, 6.07) is 5.84. The van der Waals surface area contributed by atoms with Crippen molar-refractivity contribution in [1.29, 1.82) is 0 Å². The Balaban J connectivity index is 2.13. The first kappa shape index (κ1) is 10.2. The number of hydrogen-bond donors (Lipinski definition) is 1. The highest BCUT2D eigenvalue weighted by Crippen LogP contribution is 2.39. The molecular formula is C14H20N2. The molecule has 0 aromatic heterocycles. The molecular weight excluding hydrogens is 196 g/mol. The van der Waals surface area contributed by atoms with Crippen molar-refractivity contribution in [3.8, 4) is 0 Å². The van der Waals surface area contributed by atoms with Gasteiger partial charge in [-0.1, -0.05) is 12.1 Å². The average Bonchev–Trinajstić information content (AvgIpc) is 2.65. The smallest absolute Gasteiger partial charge is 0.0459 e. The number of hydrogen-bond acceptors (Lipinski definition) is 2. The van der Waals surface area contributed by atoms with Gasteiger partial charge in [-0.05, 0) is 43.9 Å². The summed E-state index contributed by atoms with van der Waals surface area (Å²) in [5.41, 5.74) is 6.01. The van der Waals surface area contributed by atoms with Gasteiger partial charge in [-0.25, -0.2) is 0 Å². The van der Waals surface area contributed by atoms with Crippen molar-refractivity contribution < 1.29 is 0 Å². The van der Waals surface area contributed by atoms with Gasteiger partial charge in [0.25, 0.3) is 0 Å². The predicted octanol–water partition coefficient (Wildman–Crippen LogP) is 2.03. The molecule has 2 atom stereocenters. The van der Waals surface area contributed by atoms with E-state index >= 15 is 0 Å². The van der Waals surface area contributed by atoms with E-state index < -0.39 is 0 Å². The zero-order valence-corrected chi connectivity index (χ0v) is 10.4. The van der Waals surface area contributed by atoms with Gasteiger partial charge < -0.3 is 10.2 Å². The monoisotopic (exact) mass is 216 g/mol. The molecule has 16 heavy (non-hydrogen) atoms. The normalized spacial score (nSPS) is 27.8. The minimum atomic E-state index is 0.625. The number of anilines is 1. The Morgan fingerprint density at radius 2 is 1.94 bits per heavy atom. The van der Waals surface area contributed by atoms with Gasteiger partial charge in [-0.15, -0.1) is 0 Å². The van der Waals surface area contributed by atoms with Gasteiger partial charge in [0, 0.05) is 30.9 Å². The summed E-state index contributed by atoms with van der Waals surface area (Å²) in [5, 5.41) is 3.54. The van der Waals surface area contributed by atoms with Crippen molar-refractivity contribution in [1.82, 2.24) is 5.32 Å². The Hall–Kier alpha value is -1.02. The standard InChI is InChI=1S/C14H20N2/c1-9-4-5-10(2)14-13(9)6-12-8-15-7-11(3)16(12)14/h4-5,11-12,15H,6-8H2,1-3H3/t11-,12-/m1/s1. The van der Waals surface area contributed by atoms with Gasteiger partial charge in [0.15, 0.2) is 0 Å². The first-order chi connectivity index (χ1) is 7.68. The zero-order valence-electron chi connectivity index (χ0n) is 10.4. The number of aryl methyl sites for hydroxylation is 2. The molecule has 0 bridgehead atoms. The van der Waals surface area contributed by atoms with E-state index in [2.05, 4.69) is 43.1 Å². The number of rotatable bonds is 0. The van der Waals surface area contributed by atoms with E-state index in [1.54, 1.807) is 5.56 Å². The second kappa shape index (κ2) is 3.49. The predicted molar refractivity (Wildman–Crippen MR) is 68.2 cm³/mol. The van der Waals surface area contributed by atoms with Gasteiger partial charge in [0.2, 0.25) is 0 Å². The number of piperazine rings is 1. The molecule has 2 heteroatoms. The van der Waals surface area contributed by atoms with Crippen molar-refractivity contribution >= 4 is 5.69 Å². The van der Waals surface area contributed by atoms with Crippen molar-refractivity contribution in [2.24, 2.45) is 0 Å². The molecule has 0 aliphatic carbocycles. The molecule has 3 rings (SSSR count). The topological polar surface area (TPSA) is 15.3 Å². The Labute approximate surface area is 97.6 Å². The molecule has 2 nitrogen and oxygen atoms in total. The van der Waals surface area contributed by atoms with Crippen LogP contribution in [0.4, 0.5) is 5.69 Å². The van der Waals surface area contributed by atoms with E-state index in [4.69, 9.17) is 0 Å². The summed E-state index contributed by atoms with van der Waals surface area (Å²) in [5.74, 6) is 0. The molecule has 0 spiro atoms. The van der Waals surface area contributed by atoms with E-state index in [0.29, 0.717) is 12.1 Å². The zero-order chi connectivity index (χ0) is 11.3. The number of nitrogens with one attached hydrogen (secondary N) is 1. The van der Waals surface area contributed by atoms with Gasteiger partial charge in [-0.2, -0.15) is 0 Å². The average molecular weight is 216 g/mol. The molecule has 1 saturated heterocycles. The molecule has 2 aliphatic heterocycles. The Bertz CT molecular complexity index is 425. The van der Waals surface area contributed by atoms with E-state index in [1.807, 2.05) is 0 Å². The minimum absolute atomic E-state index is 0.625. The third-order valence-electron chi connectivity index (χ3n) is 4.10. The summed E-state index contributed by atoms with van der Waals surface area (Å²) >= 11 is 0. The van der Waals surface area contributed by atoms with Crippen LogP contribution in [0.5, 0.6) is 0 Å². The summed E-state index contributed by atoms with van der Waals surface area (Å²) in [6.45, 7) is 9.07. The second-order valence-corrected chi connectivity index (χ2v) is 5.30. The van der Waals surface area contributed by atoms with Crippen molar-refractivity contribution in [2.45, 2.75) is 39.3 Å². The van der Waals surface area contributed by atoms with Gasteiger partial charge in [0.05, 0.1) is 0 Å². The third kappa shape index (κ3) is 1.29. The fourth-order valence-electron chi connectivity index (χ4n) is 3.30. The minimum Gasteiger partial charge on any atom is -0.363 e. The molecule has 1 aromatic rings. The second-order valence-electron chi connectivity index (χ2n) is 5.30. The Morgan fingerprint density at radius 1 is 1.19 bits per heavy atom. The molecule has 0 unspecified atom stereocenters. The lowest BCUT2D eigenvalue weighted by Gasteiger charge is -2.39. The first-order valence-electron chi connectivity index (χ1n) is 6.26. The van der Waals surface area contributed by atoms with Gasteiger partial charge in [-0.3, -0.25) is 0 Å². The SMILES string of the molecule is Cc1ccc(C)c2c1C[C@@H]1CNC[C@@H](C)N21. The molecule has 0 radical (unpaired) electrons. The molecule has 0 saturated carbocycles. The molecule has 1 fully saturated rings. The van der Waals surface area contributed by atoms with Crippen LogP contribution in [-0.2, 0) is 6.42 Å². The largest absolute Gasteiger partial charge is 0.363 e. The van der Waals surface area contributed by atoms with E-state index in [0.717, 1.165) is 13.1 Å². The van der Waals surface area contributed by atoms with E-state index in [-0.39, 0.29) is 0 Å². The van der Waals surface area contributed by atoms with Gasteiger partial charge in [0.1, 0.15) is 0 Å². The van der Waals surface area contributed by atoms with Crippen LogP contribution < -0.4 is 10.2 Å². The quantitative estimate of drug-likeness (QED) is 0.714.